The lowest BCUT2D eigenvalue weighted by atomic mass is 9.95. The molecule has 162 valence electrons. The fourth-order valence-corrected chi connectivity index (χ4v) is 5.24. The molecule has 0 saturated heterocycles. The number of ether oxygens (including phenoxy) is 1. The largest absolute Gasteiger partial charge is 0.490 e. The van der Waals surface area contributed by atoms with E-state index < -0.39 is 0 Å². The predicted octanol–water partition coefficient (Wildman–Crippen LogP) is 4.83. The molecule has 1 aromatic heterocycles. The summed E-state index contributed by atoms with van der Waals surface area (Å²) < 4.78 is 8.14. The molecular weight excluding hydrogens is 396 g/mol. The van der Waals surface area contributed by atoms with Gasteiger partial charge in [0.15, 0.2) is 11.0 Å². The van der Waals surface area contributed by atoms with E-state index in [0.717, 1.165) is 54.5 Å². The van der Waals surface area contributed by atoms with Crippen LogP contribution in [0.25, 0.3) is 11.4 Å². The second-order valence-electron chi connectivity index (χ2n) is 8.29. The average Bonchev–Trinajstić information content (AvgIpc) is 3.43. The van der Waals surface area contributed by atoms with Gasteiger partial charge in [-0.3, -0.25) is 4.79 Å². The van der Waals surface area contributed by atoms with Gasteiger partial charge in [-0.2, -0.15) is 0 Å². The first-order valence-corrected chi connectivity index (χ1v) is 12.3. The normalized spacial score (nSPS) is 17.9. The lowest BCUT2D eigenvalue weighted by Crippen LogP contribution is -2.37. The van der Waals surface area contributed by atoms with Gasteiger partial charge in [0.2, 0.25) is 5.91 Å². The van der Waals surface area contributed by atoms with Crippen molar-refractivity contribution in [1.29, 1.82) is 0 Å². The Morgan fingerprint density at radius 3 is 2.47 bits per heavy atom. The van der Waals surface area contributed by atoms with Crippen LogP contribution in [0, 0.1) is 0 Å². The molecule has 0 radical (unpaired) electrons. The van der Waals surface area contributed by atoms with Crippen LogP contribution in [-0.4, -0.2) is 38.6 Å². The Kier molecular flexibility index (Phi) is 7.31. The van der Waals surface area contributed by atoms with Gasteiger partial charge in [0.25, 0.3) is 0 Å². The predicted molar refractivity (Wildman–Crippen MR) is 120 cm³/mol. The van der Waals surface area contributed by atoms with Crippen molar-refractivity contribution >= 4 is 17.7 Å². The van der Waals surface area contributed by atoms with Crippen LogP contribution >= 0.6 is 11.8 Å². The van der Waals surface area contributed by atoms with Crippen LogP contribution < -0.4 is 10.1 Å². The minimum absolute atomic E-state index is 0.0903. The summed E-state index contributed by atoms with van der Waals surface area (Å²) in [5.74, 6) is 2.22. The van der Waals surface area contributed by atoms with Gasteiger partial charge >= 0.3 is 0 Å². The zero-order chi connectivity index (χ0) is 20.8. The zero-order valence-electron chi connectivity index (χ0n) is 17.8. The molecule has 4 rings (SSSR count). The standard InChI is InChI=1S/C23H32N4O2S/c1-2-27-22(17-12-14-20(15-13-17)29-19-10-6-7-11-19)25-26-23(27)30-16-21(28)24-18-8-4-3-5-9-18/h12-15,18-19H,2-11,16H2,1H3,(H,24,28). The quantitative estimate of drug-likeness (QED) is 0.610. The molecule has 2 aromatic rings. The van der Waals surface area contributed by atoms with Crippen molar-refractivity contribution in [2.75, 3.05) is 5.75 Å². The van der Waals surface area contributed by atoms with Crippen LogP contribution in [0.15, 0.2) is 29.4 Å². The highest BCUT2D eigenvalue weighted by Crippen LogP contribution is 2.28. The molecule has 2 aliphatic carbocycles. The number of carbonyl (C=O) groups is 1. The highest BCUT2D eigenvalue weighted by Gasteiger charge is 2.19. The highest BCUT2D eigenvalue weighted by molar-refractivity contribution is 7.99. The minimum atomic E-state index is 0.0903. The van der Waals surface area contributed by atoms with Crippen LogP contribution in [-0.2, 0) is 11.3 Å². The van der Waals surface area contributed by atoms with E-state index in [2.05, 4.69) is 27.0 Å². The molecule has 30 heavy (non-hydrogen) atoms. The second-order valence-corrected chi connectivity index (χ2v) is 9.23. The van der Waals surface area contributed by atoms with Crippen molar-refractivity contribution in [2.24, 2.45) is 0 Å². The molecule has 0 atom stereocenters. The molecule has 1 aromatic carbocycles. The van der Waals surface area contributed by atoms with Crippen molar-refractivity contribution in [3.63, 3.8) is 0 Å². The summed E-state index contributed by atoms with van der Waals surface area (Å²) >= 11 is 1.46. The van der Waals surface area contributed by atoms with E-state index >= 15 is 0 Å². The molecular formula is C23H32N4O2S. The van der Waals surface area contributed by atoms with Gasteiger partial charge in [-0.1, -0.05) is 31.0 Å². The van der Waals surface area contributed by atoms with Crippen molar-refractivity contribution in [2.45, 2.75) is 88.6 Å². The van der Waals surface area contributed by atoms with Crippen molar-refractivity contribution in [1.82, 2.24) is 20.1 Å². The maximum Gasteiger partial charge on any atom is 0.230 e. The van der Waals surface area contributed by atoms with Crippen LogP contribution in [0.4, 0.5) is 0 Å². The summed E-state index contributed by atoms with van der Waals surface area (Å²) in [5.41, 5.74) is 1.02. The molecule has 0 unspecified atom stereocenters. The summed E-state index contributed by atoms with van der Waals surface area (Å²) in [4.78, 5) is 12.3. The van der Waals surface area contributed by atoms with E-state index in [1.807, 2.05) is 24.3 Å². The number of carbonyl (C=O) groups excluding carboxylic acids is 1. The Labute approximate surface area is 183 Å². The maximum absolute atomic E-state index is 12.3. The number of benzene rings is 1. The summed E-state index contributed by atoms with van der Waals surface area (Å²) in [6.45, 7) is 2.84. The Balaban J connectivity index is 1.36. The molecule has 2 fully saturated rings. The number of rotatable bonds is 8. The molecule has 7 heteroatoms. The van der Waals surface area contributed by atoms with E-state index in [9.17, 15) is 4.79 Å². The number of amides is 1. The molecule has 1 heterocycles. The van der Waals surface area contributed by atoms with E-state index in [1.54, 1.807) is 0 Å². The van der Waals surface area contributed by atoms with Crippen LogP contribution in [0.5, 0.6) is 5.75 Å². The van der Waals surface area contributed by atoms with E-state index in [4.69, 9.17) is 4.74 Å². The van der Waals surface area contributed by atoms with Crippen molar-refractivity contribution < 1.29 is 9.53 Å². The van der Waals surface area contributed by atoms with Gasteiger partial charge in [-0.05, 0) is 69.7 Å². The number of thioether (sulfide) groups is 1. The lowest BCUT2D eigenvalue weighted by molar-refractivity contribution is -0.119. The Morgan fingerprint density at radius 2 is 1.77 bits per heavy atom. The third-order valence-corrected chi connectivity index (χ3v) is 7.02. The van der Waals surface area contributed by atoms with E-state index in [-0.39, 0.29) is 5.91 Å². The molecule has 2 saturated carbocycles. The molecule has 2 aliphatic rings. The van der Waals surface area contributed by atoms with Crippen LogP contribution in [0.1, 0.15) is 64.7 Å². The van der Waals surface area contributed by atoms with Gasteiger partial charge in [0, 0.05) is 18.2 Å². The smallest absolute Gasteiger partial charge is 0.230 e. The molecule has 0 spiro atoms. The summed E-state index contributed by atoms with van der Waals surface area (Å²) in [6, 6.07) is 8.48. The average molecular weight is 429 g/mol. The van der Waals surface area contributed by atoms with Crippen LogP contribution in [0.3, 0.4) is 0 Å². The third kappa shape index (κ3) is 5.36. The Hall–Kier alpha value is -2.02. The first kappa shape index (κ1) is 21.2. The monoisotopic (exact) mass is 428 g/mol. The molecule has 0 bridgehead atoms. The number of nitrogens with one attached hydrogen (secondary N) is 1. The number of aromatic nitrogens is 3. The first-order chi connectivity index (χ1) is 14.7. The fourth-order valence-electron chi connectivity index (χ4n) is 4.42. The summed E-state index contributed by atoms with van der Waals surface area (Å²) in [6.07, 6.45) is 11.1. The Morgan fingerprint density at radius 1 is 1.07 bits per heavy atom. The number of hydrogen-bond donors (Lipinski definition) is 1. The lowest BCUT2D eigenvalue weighted by Gasteiger charge is -2.22. The van der Waals surface area contributed by atoms with E-state index in [1.165, 1.54) is 43.9 Å². The third-order valence-electron chi connectivity index (χ3n) is 6.05. The van der Waals surface area contributed by atoms with E-state index in [0.29, 0.717) is 17.9 Å². The maximum atomic E-state index is 12.3. The molecule has 1 amide bonds. The van der Waals surface area contributed by atoms with Crippen molar-refractivity contribution in [3.8, 4) is 17.1 Å². The number of nitrogens with zero attached hydrogens (tertiary/aromatic N) is 3. The topological polar surface area (TPSA) is 69.0 Å². The van der Waals surface area contributed by atoms with Gasteiger partial charge in [-0.25, -0.2) is 0 Å². The number of hydrogen-bond acceptors (Lipinski definition) is 5. The van der Waals surface area contributed by atoms with Crippen molar-refractivity contribution in [3.05, 3.63) is 24.3 Å². The second kappa shape index (κ2) is 10.3. The van der Waals surface area contributed by atoms with Gasteiger partial charge in [-0.15, -0.1) is 10.2 Å². The SMILES string of the molecule is CCn1c(SCC(=O)NC2CCCCC2)nnc1-c1ccc(OC2CCCC2)cc1. The zero-order valence-corrected chi connectivity index (χ0v) is 18.6. The minimum Gasteiger partial charge on any atom is -0.490 e. The van der Waals surface area contributed by atoms with Gasteiger partial charge in [0.1, 0.15) is 5.75 Å². The molecule has 0 aliphatic heterocycles. The first-order valence-electron chi connectivity index (χ1n) is 11.4. The van der Waals surface area contributed by atoms with Crippen LogP contribution in [0.2, 0.25) is 0 Å². The highest BCUT2D eigenvalue weighted by atomic mass is 32.2. The fraction of sp³-hybridized carbons (Fsp3) is 0.609. The van der Waals surface area contributed by atoms with Gasteiger partial charge in [0.05, 0.1) is 11.9 Å². The summed E-state index contributed by atoms with van der Waals surface area (Å²) in [5, 5.41) is 12.7. The molecule has 6 nitrogen and oxygen atoms in total. The molecule has 1 N–H and O–H groups in total. The Bertz CT molecular complexity index is 824. The summed E-state index contributed by atoms with van der Waals surface area (Å²) in [7, 11) is 0. The van der Waals surface area contributed by atoms with Gasteiger partial charge < -0.3 is 14.6 Å².